The van der Waals surface area contributed by atoms with E-state index in [1.54, 1.807) is 48.8 Å². The average Bonchev–Trinajstić information content (AvgIpc) is 2.71. The van der Waals surface area contributed by atoms with Crippen molar-refractivity contribution in [2.45, 2.75) is 12.8 Å². The summed E-state index contributed by atoms with van der Waals surface area (Å²) in [5, 5.41) is 29.8. The summed E-state index contributed by atoms with van der Waals surface area (Å²) in [5.74, 6) is 0.0210. The van der Waals surface area contributed by atoms with Gasteiger partial charge in [-0.15, -0.1) is 11.5 Å². The Kier molecular flexibility index (Phi) is 10.4. The molecule has 0 radical (unpaired) electrons. The topological polar surface area (TPSA) is 94.9 Å². The van der Waals surface area contributed by atoms with E-state index in [0.717, 1.165) is 39.0 Å². The second-order valence-electron chi connectivity index (χ2n) is 6.35. The predicted octanol–water partition coefficient (Wildman–Crippen LogP) is 1.33. The standard InChI is InChI=1S/C22H30N4O2/c27-21-9-3-1-7-19(21)17-25-13-5-11-23-15-16-24-12-6-14-26-18-20-8-2-4-10-22(20)28/h1-4,7-10,17-18,23-24,27-28H,5-6,11-16H2/p-2. The first-order chi connectivity index (χ1) is 13.8. The third-order valence-electron chi connectivity index (χ3n) is 4.06. The zero-order chi connectivity index (χ0) is 19.9. The van der Waals surface area contributed by atoms with E-state index in [9.17, 15) is 10.2 Å². The monoisotopic (exact) mass is 380 g/mol. The van der Waals surface area contributed by atoms with Crippen molar-refractivity contribution in [2.75, 3.05) is 39.3 Å². The molecule has 0 heterocycles. The smallest absolute Gasteiger partial charge is 0.0401 e. The Hall–Kier alpha value is -2.70. The van der Waals surface area contributed by atoms with E-state index in [1.807, 2.05) is 12.1 Å². The average molecular weight is 380 g/mol. The Morgan fingerprint density at radius 1 is 0.643 bits per heavy atom. The van der Waals surface area contributed by atoms with E-state index in [4.69, 9.17) is 0 Å². The molecule has 0 aromatic heterocycles. The molecule has 2 N–H and O–H groups in total. The van der Waals surface area contributed by atoms with Gasteiger partial charge in [-0.3, -0.25) is 9.98 Å². The van der Waals surface area contributed by atoms with Crippen LogP contribution < -0.4 is 20.8 Å². The minimum Gasteiger partial charge on any atom is -0.872 e. The number of rotatable bonds is 13. The molecular weight excluding hydrogens is 352 g/mol. The quantitative estimate of drug-likeness (QED) is 0.405. The molecule has 0 aliphatic carbocycles. The lowest BCUT2D eigenvalue weighted by Gasteiger charge is -2.08. The molecular formula is C22H28N4O2-2. The van der Waals surface area contributed by atoms with E-state index >= 15 is 0 Å². The van der Waals surface area contributed by atoms with Gasteiger partial charge in [0.05, 0.1) is 0 Å². The van der Waals surface area contributed by atoms with E-state index in [0.29, 0.717) is 24.2 Å². The number of nitrogens with one attached hydrogen (secondary N) is 2. The maximum atomic E-state index is 11.5. The highest BCUT2D eigenvalue weighted by molar-refractivity contribution is 5.83. The van der Waals surface area contributed by atoms with Crippen LogP contribution in [0.2, 0.25) is 0 Å². The molecule has 0 saturated heterocycles. The maximum Gasteiger partial charge on any atom is 0.0401 e. The van der Waals surface area contributed by atoms with Crippen LogP contribution in [0.1, 0.15) is 24.0 Å². The van der Waals surface area contributed by atoms with Crippen LogP contribution in [0.3, 0.4) is 0 Å². The molecule has 0 unspecified atom stereocenters. The second kappa shape index (κ2) is 13.5. The van der Waals surface area contributed by atoms with Crippen molar-refractivity contribution in [3.05, 3.63) is 59.7 Å². The first-order valence-electron chi connectivity index (χ1n) is 9.70. The molecule has 150 valence electrons. The summed E-state index contributed by atoms with van der Waals surface area (Å²) in [6.07, 6.45) is 5.19. The molecule has 0 spiro atoms. The summed E-state index contributed by atoms with van der Waals surface area (Å²) >= 11 is 0. The van der Waals surface area contributed by atoms with Gasteiger partial charge in [-0.1, -0.05) is 48.5 Å². The van der Waals surface area contributed by atoms with Crippen LogP contribution in [0.4, 0.5) is 0 Å². The van der Waals surface area contributed by atoms with Crippen LogP contribution >= 0.6 is 0 Å². The van der Waals surface area contributed by atoms with Crippen LogP contribution in [0.25, 0.3) is 0 Å². The fourth-order valence-electron chi connectivity index (χ4n) is 2.52. The first-order valence-corrected chi connectivity index (χ1v) is 9.70. The fraction of sp³-hybridized carbons (Fsp3) is 0.364. The number of hydrogen-bond donors (Lipinski definition) is 2. The Morgan fingerprint density at radius 2 is 1.07 bits per heavy atom. The molecule has 28 heavy (non-hydrogen) atoms. The van der Waals surface area contributed by atoms with E-state index < -0.39 is 0 Å². The largest absolute Gasteiger partial charge is 0.872 e. The zero-order valence-corrected chi connectivity index (χ0v) is 16.1. The third kappa shape index (κ3) is 8.79. The molecule has 2 aromatic rings. The highest BCUT2D eigenvalue weighted by atomic mass is 16.3. The highest BCUT2D eigenvalue weighted by Gasteiger charge is 1.91. The van der Waals surface area contributed by atoms with Gasteiger partial charge in [0.15, 0.2) is 0 Å². The minimum atomic E-state index is 0.0105. The fourth-order valence-corrected chi connectivity index (χ4v) is 2.52. The van der Waals surface area contributed by atoms with Gasteiger partial charge < -0.3 is 20.8 Å². The molecule has 6 nitrogen and oxygen atoms in total. The second-order valence-corrected chi connectivity index (χ2v) is 6.35. The summed E-state index contributed by atoms with van der Waals surface area (Å²) in [7, 11) is 0. The summed E-state index contributed by atoms with van der Waals surface area (Å²) in [6, 6.07) is 13.8. The first kappa shape index (κ1) is 21.6. The van der Waals surface area contributed by atoms with Gasteiger partial charge >= 0.3 is 0 Å². The van der Waals surface area contributed by atoms with Crippen LogP contribution in [0.5, 0.6) is 11.5 Å². The lowest BCUT2D eigenvalue weighted by atomic mass is 10.2. The summed E-state index contributed by atoms with van der Waals surface area (Å²) in [4.78, 5) is 8.58. The van der Waals surface area contributed by atoms with Crippen molar-refractivity contribution in [1.82, 2.24) is 10.6 Å². The normalized spacial score (nSPS) is 11.6. The lowest BCUT2D eigenvalue weighted by molar-refractivity contribution is -0.269. The van der Waals surface area contributed by atoms with Gasteiger partial charge in [0.25, 0.3) is 0 Å². The molecule has 0 atom stereocenters. The molecule has 0 aliphatic rings. The van der Waals surface area contributed by atoms with E-state index in [-0.39, 0.29) is 11.5 Å². The third-order valence-corrected chi connectivity index (χ3v) is 4.06. The van der Waals surface area contributed by atoms with Gasteiger partial charge in [0, 0.05) is 38.6 Å². The number of nitrogens with zero attached hydrogens (tertiary/aromatic N) is 2. The van der Waals surface area contributed by atoms with Crippen molar-refractivity contribution >= 4 is 12.4 Å². The SMILES string of the molecule is [O-]c1ccccc1C=NCCCNCCNCCCN=Cc1ccccc1[O-]. The highest BCUT2D eigenvalue weighted by Crippen LogP contribution is 2.09. The Labute approximate surface area is 167 Å². The number of hydrogen-bond acceptors (Lipinski definition) is 6. The van der Waals surface area contributed by atoms with Crippen LogP contribution in [-0.4, -0.2) is 51.7 Å². The number of benzene rings is 2. The molecule has 0 amide bonds. The van der Waals surface area contributed by atoms with Gasteiger partial charge in [0.2, 0.25) is 0 Å². The number of para-hydroxylation sites is 2. The molecule has 0 bridgehead atoms. The van der Waals surface area contributed by atoms with Crippen LogP contribution in [-0.2, 0) is 0 Å². The molecule has 0 fully saturated rings. The van der Waals surface area contributed by atoms with E-state index in [1.165, 1.54) is 0 Å². The Bertz CT molecular complexity index is 683. The van der Waals surface area contributed by atoms with E-state index in [2.05, 4.69) is 20.6 Å². The van der Waals surface area contributed by atoms with Gasteiger partial charge in [0.1, 0.15) is 0 Å². The minimum absolute atomic E-state index is 0.0105. The molecule has 0 saturated carbocycles. The van der Waals surface area contributed by atoms with Crippen molar-refractivity contribution in [3.63, 3.8) is 0 Å². The van der Waals surface area contributed by atoms with Gasteiger partial charge in [-0.2, -0.15) is 0 Å². The summed E-state index contributed by atoms with van der Waals surface area (Å²) in [6.45, 7) is 5.02. The Morgan fingerprint density at radius 3 is 1.50 bits per heavy atom. The maximum absolute atomic E-state index is 11.5. The molecule has 6 heteroatoms. The Balaban J connectivity index is 1.40. The molecule has 2 aromatic carbocycles. The van der Waals surface area contributed by atoms with Crippen LogP contribution in [0, 0.1) is 0 Å². The van der Waals surface area contributed by atoms with Gasteiger partial charge in [-0.25, -0.2) is 0 Å². The predicted molar refractivity (Wildman–Crippen MR) is 112 cm³/mol. The molecule has 2 rings (SSSR count). The van der Waals surface area contributed by atoms with Gasteiger partial charge in [-0.05, 0) is 37.1 Å². The van der Waals surface area contributed by atoms with Crippen molar-refractivity contribution in [1.29, 1.82) is 0 Å². The summed E-state index contributed by atoms with van der Waals surface area (Å²) in [5.41, 5.74) is 1.28. The van der Waals surface area contributed by atoms with Crippen molar-refractivity contribution in [3.8, 4) is 11.5 Å². The van der Waals surface area contributed by atoms with Crippen LogP contribution in [0.15, 0.2) is 58.5 Å². The number of aliphatic imine (C=N–C) groups is 2. The molecule has 0 aliphatic heterocycles. The summed E-state index contributed by atoms with van der Waals surface area (Å²) < 4.78 is 0. The zero-order valence-electron chi connectivity index (χ0n) is 16.1. The van der Waals surface area contributed by atoms with Crippen molar-refractivity contribution < 1.29 is 10.2 Å². The van der Waals surface area contributed by atoms with Crippen molar-refractivity contribution in [2.24, 2.45) is 9.98 Å². The lowest BCUT2D eigenvalue weighted by Crippen LogP contribution is -2.29.